The number of para-hydroxylation sites is 1. The fourth-order valence-electron chi connectivity index (χ4n) is 2.86. The maximum Gasteiger partial charge on any atom is 0.404 e. The number of nitrogens with zero attached hydrogens (tertiary/aromatic N) is 2. The van der Waals surface area contributed by atoms with Gasteiger partial charge in [-0.2, -0.15) is 0 Å². The molecule has 0 bridgehead atoms. The standard InChI is InChI=1S/C18H20N4O3/c23-17(22-11-9-14(10-12-22)20-18(24)25)15-7-4-8-16(21-15)19-13-5-2-1-3-6-13/h1-8,14,20H,9-12H2,(H,19,21)(H,24,25). The third-order valence-corrected chi connectivity index (χ3v) is 4.12. The molecule has 1 aliphatic heterocycles. The van der Waals surface area contributed by atoms with Crippen molar-refractivity contribution in [2.45, 2.75) is 18.9 Å². The third-order valence-electron chi connectivity index (χ3n) is 4.12. The largest absolute Gasteiger partial charge is 0.465 e. The SMILES string of the molecule is O=C(O)NC1CCN(C(=O)c2cccc(Nc3ccccc3)n2)CC1. The summed E-state index contributed by atoms with van der Waals surface area (Å²) in [6, 6.07) is 14.8. The minimum atomic E-state index is -1.02. The van der Waals surface area contributed by atoms with Crippen molar-refractivity contribution in [1.82, 2.24) is 15.2 Å². The lowest BCUT2D eigenvalue weighted by atomic mass is 10.0. The number of amides is 2. The van der Waals surface area contributed by atoms with Crippen molar-refractivity contribution in [2.75, 3.05) is 18.4 Å². The Balaban J connectivity index is 1.63. The lowest BCUT2D eigenvalue weighted by molar-refractivity contribution is 0.0700. The van der Waals surface area contributed by atoms with E-state index in [0.717, 1.165) is 5.69 Å². The number of hydrogen-bond acceptors (Lipinski definition) is 4. The van der Waals surface area contributed by atoms with E-state index in [2.05, 4.69) is 15.6 Å². The summed E-state index contributed by atoms with van der Waals surface area (Å²) in [4.78, 5) is 29.4. The van der Waals surface area contributed by atoms with Crippen molar-refractivity contribution in [3.8, 4) is 0 Å². The second kappa shape index (κ2) is 7.65. The summed E-state index contributed by atoms with van der Waals surface area (Å²) in [7, 11) is 0. The van der Waals surface area contributed by atoms with Gasteiger partial charge in [-0.05, 0) is 37.1 Å². The number of pyridine rings is 1. The van der Waals surface area contributed by atoms with Gasteiger partial charge in [-0.15, -0.1) is 0 Å². The van der Waals surface area contributed by atoms with Crippen LogP contribution in [0.1, 0.15) is 23.3 Å². The Hall–Kier alpha value is -3.09. The molecular formula is C18H20N4O3. The smallest absolute Gasteiger partial charge is 0.404 e. The number of nitrogens with one attached hydrogen (secondary N) is 2. The molecule has 2 heterocycles. The van der Waals surface area contributed by atoms with Crippen LogP contribution in [-0.4, -0.2) is 46.1 Å². The molecule has 2 amide bonds. The molecule has 1 aromatic carbocycles. The number of rotatable bonds is 4. The minimum Gasteiger partial charge on any atom is -0.465 e. The first kappa shape index (κ1) is 16.8. The van der Waals surface area contributed by atoms with E-state index in [1.54, 1.807) is 17.0 Å². The molecule has 0 spiro atoms. The average Bonchev–Trinajstić information content (AvgIpc) is 2.62. The Bertz CT molecular complexity index is 743. The molecule has 1 fully saturated rings. The van der Waals surface area contributed by atoms with Crippen LogP contribution in [0.4, 0.5) is 16.3 Å². The first-order valence-corrected chi connectivity index (χ1v) is 8.20. The van der Waals surface area contributed by atoms with Crippen LogP contribution < -0.4 is 10.6 Å². The number of benzene rings is 1. The van der Waals surface area contributed by atoms with Crippen molar-refractivity contribution in [1.29, 1.82) is 0 Å². The van der Waals surface area contributed by atoms with Crippen molar-refractivity contribution >= 4 is 23.5 Å². The van der Waals surface area contributed by atoms with Gasteiger partial charge < -0.3 is 20.6 Å². The highest BCUT2D eigenvalue weighted by atomic mass is 16.4. The molecule has 7 nitrogen and oxygen atoms in total. The Morgan fingerprint density at radius 1 is 1.04 bits per heavy atom. The lowest BCUT2D eigenvalue weighted by Gasteiger charge is -2.31. The highest BCUT2D eigenvalue weighted by Gasteiger charge is 2.25. The number of carbonyl (C=O) groups is 2. The Kier molecular flexibility index (Phi) is 5.13. The maximum atomic E-state index is 12.6. The van der Waals surface area contributed by atoms with Crippen molar-refractivity contribution in [2.24, 2.45) is 0 Å². The Morgan fingerprint density at radius 3 is 2.44 bits per heavy atom. The molecule has 2 aromatic rings. The molecular weight excluding hydrogens is 320 g/mol. The zero-order chi connectivity index (χ0) is 17.6. The summed E-state index contributed by atoms with van der Waals surface area (Å²) in [5, 5.41) is 14.4. The fourth-order valence-corrected chi connectivity index (χ4v) is 2.86. The molecule has 25 heavy (non-hydrogen) atoms. The molecule has 0 saturated carbocycles. The third kappa shape index (κ3) is 4.47. The van der Waals surface area contributed by atoms with Gasteiger partial charge >= 0.3 is 6.09 Å². The van der Waals surface area contributed by atoms with Gasteiger partial charge in [-0.25, -0.2) is 9.78 Å². The summed E-state index contributed by atoms with van der Waals surface area (Å²) in [5.41, 5.74) is 1.28. The van der Waals surface area contributed by atoms with Gasteiger partial charge in [-0.3, -0.25) is 4.79 Å². The summed E-state index contributed by atoms with van der Waals surface area (Å²) < 4.78 is 0. The molecule has 0 atom stereocenters. The fraction of sp³-hybridized carbons (Fsp3) is 0.278. The van der Waals surface area contributed by atoms with Crippen LogP contribution in [0.15, 0.2) is 48.5 Å². The van der Waals surface area contributed by atoms with E-state index < -0.39 is 6.09 Å². The van der Waals surface area contributed by atoms with E-state index in [4.69, 9.17) is 5.11 Å². The zero-order valence-corrected chi connectivity index (χ0v) is 13.7. The topological polar surface area (TPSA) is 94.6 Å². The average molecular weight is 340 g/mol. The predicted molar refractivity (Wildman–Crippen MR) is 94.0 cm³/mol. The molecule has 3 rings (SSSR count). The zero-order valence-electron chi connectivity index (χ0n) is 13.7. The summed E-state index contributed by atoms with van der Waals surface area (Å²) >= 11 is 0. The lowest BCUT2D eigenvalue weighted by Crippen LogP contribution is -2.46. The van der Waals surface area contributed by atoms with Crippen LogP contribution in [0.2, 0.25) is 0 Å². The number of carboxylic acid groups (broad SMARTS) is 1. The van der Waals surface area contributed by atoms with Gasteiger partial charge in [0.05, 0.1) is 0 Å². The van der Waals surface area contributed by atoms with Gasteiger partial charge in [0.2, 0.25) is 0 Å². The van der Waals surface area contributed by atoms with Crippen LogP contribution in [0, 0.1) is 0 Å². The van der Waals surface area contributed by atoms with Crippen LogP contribution in [-0.2, 0) is 0 Å². The second-order valence-electron chi connectivity index (χ2n) is 5.92. The van der Waals surface area contributed by atoms with Crippen LogP contribution in [0.3, 0.4) is 0 Å². The van der Waals surface area contributed by atoms with Crippen molar-refractivity contribution < 1.29 is 14.7 Å². The maximum absolute atomic E-state index is 12.6. The number of hydrogen-bond donors (Lipinski definition) is 3. The summed E-state index contributed by atoms with van der Waals surface area (Å²) in [6.45, 7) is 1.03. The Labute approximate surface area is 145 Å². The van der Waals surface area contributed by atoms with Gasteiger partial charge in [0.25, 0.3) is 5.91 Å². The first-order chi connectivity index (χ1) is 12.1. The number of carbonyl (C=O) groups excluding carboxylic acids is 1. The van der Waals surface area contributed by atoms with E-state index in [1.807, 2.05) is 36.4 Å². The molecule has 3 N–H and O–H groups in total. The molecule has 0 unspecified atom stereocenters. The van der Waals surface area contributed by atoms with E-state index in [0.29, 0.717) is 37.4 Å². The molecule has 1 saturated heterocycles. The number of piperidine rings is 1. The van der Waals surface area contributed by atoms with Crippen molar-refractivity contribution in [3.63, 3.8) is 0 Å². The van der Waals surface area contributed by atoms with E-state index in [-0.39, 0.29) is 11.9 Å². The number of aromatic nitrogens is 1. The summed E-state index contributed by atoms with van der Waals surface area (Å²) in [6.07, 6.45) is 0.200. The molecule has 1 aromatic heterocycles. The number of anilines is 2. The molecule has 0 radical (unpaired) electrons. The quantitative estimate of drug-likeness (QED) is 0.795. The normalized spacial score (nSPS) is 14.8. The van der Waals surface area contributed by atoms with Gasteiger partial charge in [0, 0.05) is 24.8 Å². The van der Waals surface area contributed by atoms with Crippen LogP contribution >= 0.6 is 0 Å². The van der Waals surface area contributed by atoms with E-state index >= 15 is 0 Å². The first-order valence-electron chi connectivity index (χ1n) is 8.20. The molecule has 1 aliphatic rings. The second-order valence-corrected chi connectivity index (χ2v) is 5.92. The molecule has 130 valence electrons. The molecule has 7 heteroatoms. The van der Waals surface area contributed by atoms with Crippen LogP contribution in [0.5, 0.6) is 0 Å². The van der Waals surface area contributed by atoms with Gasteiger partial charge in [-0.1, -0.05) is 24.3 Å². The van der Waals surface area contributed by atoms with Gasteiger partial charge in [0.15, 0.2) is 0 Å². The van der Waals surface area contributed by atoms with E-state index in [9.17, 15) is 9.59 Å². The number of likely N-dealkylation sites (tertiary alicyclic amines) is 1. The van der Waals surface area contributed by atoms with E-state index in [1.165, 1.54) is 0 Å². The minimum absolute atomic E-state index is 0.0967. The highest BCUT2D eigenvalue weighted by molar-refractivity contribution is 5.92. The van der Waals surface area contributed by atoms with Crippen LogP contribution in [0.25, 0.3) is 0 Å². The van der Waals surface area contributed by atoms with Crippen molar-refractivity contribution in [3.05, 3.63) is 54.2 Å². The monoisotopic (exact) mass is 340 g/mol. The Morgan fingerprint density at radius 2 is 1.76 bits per heavy atom. The highest BCUT2D eigenvalue weighted by Crippen LogP contribution is 2.17. The molecule has 0 aliphatic carbocycles. The predicted octanol–water partition coefficient (Wildman–Crippen LogP) is 2.70. The van der Waals surface area contributed by atoms with Gasteiger partial charge in [0.1, 0.15) is 11.5 Å². The summed E-state index contributed by atoms with van der Waals surface area (Å²) in [5.74, 6) is 0.477.